The van der Waals surface area contributed by atoms with Gasteiger partial charge in [-0.25, -0.2) is 0 Å². The van der Waals surface area contributed by atoms with Crippen LogP contribution in [-0.4, -0.2) is 56.9 Å². The summed E-state index contributed by atoms with van der Waals surface area (Å²) in [6.07, 6.45) is 0.291. The number of anilines is 1. The second-order valence-corrected chi connectivity index (χ2v) is 5.57. The van der Waals surface area contributed by atoms with Crippen molar-refractivity contribution in [1.29, 1.82) is 0 Å². The summed E-state index contributed by atoms with van der Waals surface area (Å²) in [5.41, 5.74) is 0.641. The molecule has 0 radical (unpaired) electrons. The van der Waals surface area contributed by atoms with Crippen molar-refractivity contribution in [2.75, 3.05) is 39.2 Å². The number of rotatable bonds is 5. The van der Waals surface area contributed by atoms with Crippen LogP contribution in [-0.2, 0) is 9.53 Å². The molecule has 0 aromatic heterocycles. The van der Waals surface area contributed by atoms with Crippen LogP contribution in [0.3, 0.4) is 0 Å². The van der Waals surface area contributed by atoms with Crippen LogP contribution >= 0.6 is 0 Å². The molecule has 0 bridgehead atoms. The van der Waals surface area contributed by atoms with Crippen LogP contribution in [0.5, 0.6) is 11.5 Å². The SMILES string of the molecule is COc1ccc(NC(=O)CN2C[C@@H](C)O[C@@H](C)C2)c(OC)c1. The van der Waals surface area contributed by atoms with E-state index in [-0.39, 0.29) is 18.1 Å². The molecule has 1 heterocycles. The van der Waals surface area contributed by atoms with Gasteiger partial charge in [-0.05, 0) is 26.0 Å². The lowest BCUT2D eigenvalue weighted by Gasteiger charge is -2.34. The average molecular weight is 308 g/mol. The fourth-order valence-electron chi connectivity index (χ4n) is 2.71. The number of methoxy groups -OCH3 is 2. The topological polar surface area (TPSA) is 60.0 Å². The number of hydrogen-bond acceptors (Lipinski definition) is 5. The summed E-state index contributed by atoms with van der Waals surface area (Å²) in [7, 11) is 3.16. The van der Waals surface area contributed by atoms with Crippen molar-refractivity contribution in [1.82, 2.24) is 4.90 Å². The smallest absolute Gasteiger partial charge is 0.238 e. The molecule has 122 valence electrons. The molecule has 1 aromatic rings. The fraction of sp³-hybridized carbons (Fsp3) is 0.562. The van der Waals surface area contributed by atoms with Gasteiger partial charge in [-0.2, -0.15) is 0 Å². The summed E-state index contributed by atoms with van der Waals surface area (Å²) in [6.45, 7) is 5.91. The summed E-state index contributed by atoms with van der Waals surface area (Å²) >= 11 is 0. The third-order valence-electron chi connectivity index (χ3n) is 3.55. The van der Waals surface area contributed by atoms with E-state index < -0.39 is 0 Å². The Hall–Kier alpha value is -1.79. The molecule has 6 heteroatoms. The van der Waals surface area contributed by atoms with Gasteiger partial charge in [0, 0.05) is 19.2 Å². The molecule has 1 amide bonds. The predicted molar refractivity (Wildman–Crippen MR) is 84.6 cm³/mol. The number of nitrogens with zero attached hydrogens (tertiary/aromatic N) is 1. The van der Waals surface area contributed by atoms with Crippen LogP contribution in [0.25, 0.3) is 0 Å². The minimum Gasteiger partial charge on any atom is -0.497 e. The lowest BCUT2D eigenvalue weighted by Crippen LogP contribution is -2.48. The highest BCUT2D eigenvalue weighted by Crippen LogP contribution is 2.29. The summed E-state index contributed by atoms with van der Waals surface area (Å²) in [4.78, 5) is 14.3. The maximum Gasteiger partial charge on any atom is 0.238 e. The van der Waals surface area contributed by atoms with Crippen molar-refractivity contribution in [3.8, 4) is 11.5 Å². The summed E-state index contributed by atoms with van der Waals surface area (Å²) in [5, 5.41) is 2.89. The third-order valence-corrected chi connectivity index (χ3v) is 3.55. The van der Waals surface area contributed by atoms with E-state index in [1.165, 1.54) is 0 Å². The van der Waals surface area contributed by atoms with Gasteiger partial charge in [0.15, 0.2) is 0 Å². The maximum absolute atomic E-state index is 12.2. The minimum atomic E-state index is -0.0650. The molecule has 1 fully saturated rings. The Morgan fingerprint density at radius 1 is 1.27 bits per heavy atom. The Labute approximate surface area is 131 Å². The number of benzene rings is 1. The molecule has 2 atom stereocenters. The van der Waals surface area contributed by atoms with Gasteiger partial charge in [0.25, 0.3) is 0 Å². The molecular formula is C16H24N2O4. The van der Waals surface area contributed by atoms with E-state index in [0.717, 1.165) is 13.1 Å². The Balaban J connectivity index is 1.97. The summed E-state index contributed by atoms with van der Waals surface area (Å²) in [6, 6.07) is 5.31. The highest BCUT2D eigenvalue weighted by atomic mass is 16.5. The Kier molecular flexibility index (Phi) is 5.63. The van der Waals surface area contributed by atoms with Crippen LogP contribution in [0.15, 0.2) is 18.2 Å². The van der Waals surface area contributed by atoms with Gasteiger partial charge in [0.1, 0.15) is 11.5 Å². The fourth-order valence-corrected chi connectivity index (χ4v) is 2.71. The summed E-state index contributed by atoms with van der Waals surface area (Å²) in [5.74, 6) is 1.20. The Morgan fingerprint density at radius 3 is 2.55 bits per heavy atom. The van der Waals surface area contributed by atoms with Gasteiger partial charge in [-0.1, -0.05) is 0 Å². The van der Waals surface area contributed by atoms with E-state index in [0.29, 0.717) is 23.7 Å². The molecule has 0 saturated carbocycles. The largest absolute Gasteiger partial charge is 0.497 e. The molecule has 22 heavy (non-hydrogen) atoms. The van der Waals surface area contributed by atoms with E-state index in [4.69, 9.17) is 14.2 Å². The molecular weight excluding hydrogens is 284 g/mol. The molecule has 0 unspecified atom stereocenters. The normalized spacial score (nSPS) is 22.2. The quantitative estimate of drug-likeness (QED) is 0.898. The van der Waals surface area contributed by atoms with Gasteiger partial charge in [0.2, 0.25) is 5.91 Å². The number of carbonyl (C=O) groups is 1. The van der Waals surface area contributed by atoms with Crippen LogP contribution in [0.4, 0.5) is 5.69 Å². The van der Waals surface area contributed by atoms with Gasteiger partial charge >= 0.3 is 0 Å². The maximum atomic E-state index is 12.2. The van der Waals surface area contributed by atoms with Crippen molar-refractivity contribution in [3.05, 3.63) is 18.2 Å². The first-order chi connectivity index (χ1) is 10.5. The number of amides is 1. The molecule has 2 rings (SSSR count). The van der Waals surface area contributed by atoms with Crippen molar-refractivity contribution < 1.29 is 19.0 Å². The first-order valence-electron chi connectivity index (χ1n) is 7.41. The second kappa shape index (κ2) is 7.47. The van der Waals surface area contributed by atoms with Crippen molar-refractivity contribution in [2.24, 2.45) is 0 Å². The van der Waals surface area contributed by atoms with Crippen molar-refractivity contribution in [2.45, 2.75) is 26.1 Å². The van der Waals surface area contributed by atoms with E-state index in [2.05, 4.69) is 10.2 Å². The van der Waals surface area contributed by atoms with E-state index in [9.17, 15) is 4.79 Å². The number of morpholine rings is 1. The number of hydrogen-bond donors (Lipinski definition) is 1. The van der Waals surface area contributed by atoms with Crippen molar-refractivity contribution >= 4 is 11.6 Å². The Bertz CT molecular complexity index is 511. The monoisotopic (exact) mass is 308 g/mol. The average Bonchev–Trinajstić information content (AvgIpc) is 2.46. The molecule has 1 saturated heterocycles. The highest BCUT2D eigenvalue weighted by Gasteiger charge is 2.23. The lowest BCUT2D eigenvalue weighted by atomic mass is 10.2. The van der Waals surface area contributed by atoms with Crippen LogP contribution in [0, 0.1) is 0 Å². The standard InChI is InChI=1S/C16H24N2O4/c1-11-8-18(9-12(2)22-11)10-16(19)17-14-6-5-13(20-3)7-15(14)21-4/h5-7,11-12H,8-10H2,1-4H3,(H,17,19)/t11-,12+. The zero-order valence-corrected chi connectivity index (χ0v) is 13.6. The zero-order chi connectivity index (χ0) is 16.1. The molecule has 1 aliphatic heterocycles. The van der Waals surface area contributed by atoms with Crippen LogP contribution < -0.4 is 14.8 Å². The van der Waals surface area contributed by atoms with E-state index >= 15 is 0 Å². The summed E-state index contributed by atoms with van der Waals surface area (Å²) < 4.78 is 16.1. The number of carbonyl (C=O) groups excluding carboxylic acids is 1. The predicted octanol–water partition coefficient (Wildman–Crippen LogP) is 1.75. The van der Waals surface area contributed by atoms with Gasteiger partial charge < -0.3 is 19.5 Å². The third kappa shape index (κ3) is 4.35. The Morgan fingerprint density at radius 2 is 1.95 bits per heavy atom. The molecule has 1 aliphatic rings. The van der Waals surface area contributed by atoms with Gasteiger partial charge in [-0.3, -0.25) is 9.69 Å². The molecule has 0 aliphatic carbocycles. The van der Waals surface area contributed by atoms with Crippen LogP contribution in [0.2, 0.25) is 0 Å². The minimum absolute atomic E-state index is 0.0650. The number of ether oxygens (including phenoxy) is 3. The van der Waals surface area contributed by atoms with E-state index in [1.54, 1.807) is 32.4 Å². The highest BCUT2D eigenvalue weighted by molar-refractivity contribution is 5.93. The molecule has 1 N–H and O–H groups in total. The first-order valence-corrected chi connectivity index (χ1v) is 7.41. The first kappa shape index (κ1) is 16.6. The van der Waals surface area contributed by atoms with Gasteiger partial charge in [0.05, 0.1) is 38.7 Å². The van der Waals surface area contributed by atoms with Crippen molar-refractivity contribution in [3.63, 3.8) is 0 Å². The molecule has 1 aromatic carbocycles. The zero-order valence-electron chi connectivity index (χ0n) is 13.6. The van der Waals surface area contributed by atoms with E-state index in [1.807, 2.05) is 13.8 Å². The molecule has 6 nitrogen and oxygen atoms in total. The molecule has 0 spiro atoms. The number of nitrogens with one attached hydrogen (secondary N) is 1. The van der Waals surface area contributed by atoms with Crippen LogP contribution in [0.1, 0.15) is 13.8 Å². The van der Waals surface area contributed by atoms with Gasteiger partial charge in [-0.15, -0.1) is 0 Å². The second-order valence-electron chi connectivity index (χ2n) is 5.57. The lowest BCUT2D eigenvalue weighted by molar-refractivity contribution is -0.121.